The first-order valence-electron chi connectivity index (χ1n) is 4.82. The smallest absolute Gasteiger partial charge is 0.111 e. The van der Waals surface area contributed by atoms with Crippen molar-refractivity contribution in [1.29, 1.82) is 0 Å². The van der Waals surface area contributed by atoms with Gasteiger partial charge >= 0.3 is 0 Å². The Morgan fingerprint density at radius 2 is 2.62 bits per heavy atom. The molecule has 0 bridgehead atoms. The van der Waals surface area contributed by atoms with Gasteiger partial charge in [0.25, 0.3) is 0 Å². The standard InChI is InChI=1S/C9H16N2OS/c10-11-9(7-3-1-5-12-7)8-4-2-6-13-8/h3,8-9,11H,1-2,4-6,10H2. The lowest BCUT2D eigenvalue weighted by Crippen LogP contribution is -2.43. The van der Waals surface area contributed by atoms with Gasteiger partial charge in [-0.25, -0.2) is 5.43 Å². The maximum Gasteiger partial charge on any atom is 0.111 e. The van der Waals surface area contributed by atoms with E-state index in [1.54, 1.807) is 0 Å². The van der Waals surface area contributed by atoms with Crippen LogP contribution in [0, 0.1) is 0 Å². The number of nitrogens with one attached hydrogen (secondary N) is 1. The van der Waals surface area contributed by atoms with Gasteiger partial charge in [0.1, 0.15) is 5.76 Å². The van der Waals surface area contributed by atoms with Gasteiger partial charge in [-0.05, 0) is 24.7 Å². The van der Waals surface area contributed by atoms with E-state index in [1.807, 2.05) is 11.8 Å². The van der Waals surface area contributed by atoms with Gasteiger partial charge in [0.15, 0.2) is 0 Å². The summed E-state index contributed by atoms with van der Waals surface area (Å²) in [5.74, 6) is 7.87. The number of hydrogen-bond acceptors (Lipinski definition) is 4. The third-order valence-corrected chi connectivity index (χ3v) is 4.02. The quantitative estimate of drug-likeness (QED) is 0.527. The van der Waals surface area contributed by atoms with Gasteiger partial charge in [0.05, 0.1) is 12.6 Å². The minimum absolute atomic E-state index is 0.231. The molecule has 0 aromatic heterocycles. The molecule has 2 rings (SSSR count). The summed E-state index contributed by atoms with van der Waals surface area (Å²) in [6.07, 6.45) is 5.75. The van der Waals surface area contributed by atoms with E-state index in [9.17, 15) is 0 Å². The molecule has 0 aromatic carbocycles. The van der Waals surface area contributed by atoms with Gasteiger partial charge < -0.3 is 4.74 Å². The second-order valence-corrected chi connectivity index (χ2v) is 4.79. The van der Waals surface area contributed by atoms with Crippen LogP contribution in [-0.4, -0.2) is 23.7 Å². The van der Waals surface area contributed by atoms with E-state index in [-0.39, 0.29) is 6.04 Å². The maximum absolute atomic E-state index is 5.55. The summed E-state index contributed by atoms with van der Waals surface area (Å²) in [6.45, 7) is 0.824. The van der Waals surface area contributed by atoms with Crippen LogP contribution < -0.4 is 11.3 Å². The Kier molecular flexibility index (Phi) is 3.14. The van der Waals surface area contributed by atoms with E-state index in [0.29, 0.717) is 5.25 Å². The van der Waals surface area contributed by atoms with Crippen molar-refractivity contribution >= 4 is 11.8 Å². The summed E-state index contributed by atoms with van der Waals surface area (Å²) in [4.78, 5) is 0. The Morgan fingerprint density at radius 3 is 3.15 bits per heavy atom. The normalized spacial score (nSPS) is 29.9. The number of hydrazine groups is 1. The SMILES string of the molecule is NNC(C1=CCCO1)C1CCCS1. The van der Waals surface area contributed by atoms with E-state index in [0.717, 1.165) is 18.8 Å². The van der Waals surface area contributed by atoms with Crippen LogP contribution in [0.2, 0.25) is 0 Å². The zero-order chi connectivity index (χ0) is 9.10. The summed E-state index contributed by atoms with van der Waals surface area (Å²) >= 11 is 2.00. The van der Waals surface area contributed by atoms with Crippen molar-refractivity contribution in [3.8, 4) is 0 Å². The number of nitrogens with two attached hydrogens (primary N) is 1. The van der Waals surface area contributed by atoms with Gasteiger partial charge in [-0.1, -0.05) is 0 Å². The molecule has 13 heavy (non-hydrogen) atoms. The summed E-state index contributed by atoms with van der Waals surface area (Å²) in [5.41, 5.74) is 2.87. The monoisotopic (exact) mass is 200 g/mol. The molecule has 0 aliphatic carbocycles. The molecule has 0 saturated carbocycles. The highest BCUT2D eigenvalue weighted by Crippen LogP contribution is 2.32. The molecule has 0 spiro atoms. The number of ether oxygens (including phenoxy) is 1. The summed E-state index contributed by atoms with van der Waals surface area (Å²) in [6, 6.07) is 0.231. The Labute approximate surface area is 83.1 Å². The topological polar surface area (TPSA) is 47.3 Å². The third-order valence-electron chi connectivity index (χ3n) is 2.55. The first kappa shape index (κ1) is 9.37. The second kappa shape index (κ2) is 4.35. The molecule has 2 heterocycles. The highest BCUT2D eigenvalue weighted by molar-refractivity contribution is 8.00. The van der Waals surface area contributed by atoms with E-state index in [4.69, 9.17) is 10.6 Å². The fourth-order valence-electron chi connectivity index (χ4n) is 1.89. The van der Waals surface area contributed by atoms with Crippen molar-refractivity contribution in [3.05, 3.63) is 11.8 Å². The fraction of sp³-hybridized carbons (Fsp3) is 0.778. The molecule has 1 fully saturated rings. The minimum atomic E-state index is 0.231. The van der Waals surface area contributed by atoms with Gasteiger partial charge in [-0.2, -0.15) is 11.8 Å². The van der Waals surface area contributed by atoms with Crippen LogP contribution in [0.5, 0.6) is 0 Å². The van der Waals surface area contributed by atoms with E-state index in [1.165, 1.54) is 18.6 Å². The third kappa shape index (κ3) is 2.00. The molecule has 0 aromatic rings. The lowest BCUT2D eigenvalue weighted by molar-refractivity contribution is 0.213. The predicted octanol–water partition coefficient (Wildman–Crippen LogP) is 1.02. The number of hydrogen-bond donors (Lipinski definition) is 2. The molecule has 74 valence electrons. The fourth-order valence-corrected chi connectivity index (χ4v) is 3.27. The molecule has 4 heteroatoms. The van der Waals surface area contributed by atoms with E-state index >= 15 is 0 Å². The summed E-state index contributed by atoms with van der Waals surface area (Å²) in [5, 5.41) is 0.606. The molecular formula is C9H16N2OS. The van der Waals surface area contributed by atoms with E-state index < -0.39 is 0 Å². The summed E-state index contributed by atoms with van der Waals surface area (Å²) in [7, 11) is 0. The summed E-state index contributed by atoms with van der Waals surface area (Å²) < 4.78 is 5.52. The lowest BCUT2D eigenvalue weighted by atomic mass is 10.1. The van der Waals surface area contributed by atoms with Crippen molar-refractivity contribution in [3.63, 3.8) is 0 Å². The molecule has 3 N–H and O–H groups in total. The van der Waals surface area contributed by atoms with Gasteiger partial charge in [-0.15, -0.1) is 0 Å². The van der Waals surface area contributed by atoms with Crippen molar-refractivity contribution in [2.75, 3.05) is 12.4 Å². The molecular weight excluding hydrogens is 184 g/mol. The van der Waals surface area contributed by atoms with E-state index in [2.05, 4.69) is 11.5 Å². The highest BCUT2D eigenvalue weighted by atomic mass is 32.2. The Bertz CT molecular complexity index is 202. The lowest BCUT2D eigenvalue weighted by Gasteiger charge is -2.22. The van der Waals surface area contributed by atoms with Crippen LogP contribution in [0.4, 0.5) is 0 Å². The van der Waals surface area contributed by atoms with Crippen LogP contribution in [0.25, 0.3) is 0 Å². The Morgan fingerprint density at radius 1 is 1.69 bits per heavy atom. The molecule has 2 unspecified atom stereocenters. The number of thioether (sulfide) groups is 1. The first-order valence-corrected chi connectivity index (χ1v) is 5.87. The molecule has 1 saturated heterocycles. The average molecular weight is 200 g/mol. The van der Waals surface area contributed by atoms with Crippen molar-refractivity contribution in [2.45, 2.75) is 30.6 Å². The van der Waals surface area contributed by atoms with Crippen molar-refractivity contribution < 1.29 is 4.74 Å². The molecule has 2 atom stereocenters. The van der Waals surface area contributed by atoms with Crippen LogP contribution in [0.15, 0.2) is 11.8 Å². The minimum Gasteiger partial charge on any atom is -0.496 e. The van der Waals surface area contributed by atoms with Crippen LogP contribution in [-0.2, 0) is 4.74 Å². The molecule has 3 nitrogen and oxygen atoms in total. The molecule has 0 amide bonds. The van der Waals surface area contributed by atoms with Gasteiger partial charge in [0, 0.05) is 11.7 Å². The molecule has 0 radical (unpaired) electrons. The largest absolute Gasteiger partial charge is 0.496 e. The Balaban J connectivity index is 1.98. The van der Waals surface area contributed by atoms with Crippen molar-refractivity contribution in [2.24, 2.45) is 5.84 Å². The average Bonchev–Trinajstić information content (AvgIpc) is 2.76. The number of rotatable bonds is 3. The van der Waals surface area contributed by atoms with Gasteiger partial charge in [-0.3, -0.25) is 5.84 Å². The predicted molar refractivity (Wildman–Crippen MR) is 55.2 cm³/mol. The zero-order valence-corrected chi connectivity index (χ0v) is 8.48. The zero-order valence-electron chi connectivity index (χ0n) is 7.66. The maximum atomic E-state index is 5.55. The second-order valence-electron chi connectivity index (χ2n) is 3.44. The van der Waals surface area contributed by atoms with Gasteiger partial charge in [0.2, 0.25) is 0 Å². The molecule has 2 aliphatic heterocycles. The van der Waals surface area contributed by atoms with Crippen LogP contribution >= 0.6 is 11.8 Å². The first-order chi connectivity index (χ1) is 6.42. The Hall–Kier alpha value is -0.190. The highest BCUT2D eigenvalue weighted by Gasteiger charge is 2.29. The van der Waals surface area contributed by atoms with Crippen molar-refractivity contribution in [1.82, 2.24) is 5.43 Å². The van der Waals surface area contributed by atoms with Crippen LogP contribution in [0.3, 0.4) is 0 Å². The molecule has 2 aliphatic rings. The van der Waals surface area contributed by atoms with Crippen LogP contribution in [0.1, 0.15) is 19.3 Å².